The van der Waals surface area contributed by atoms with Gasteiger partial charge in [-0.15, -0.1) is 11.3 Å². The van der Waals surface area contributed by atoms with Crippen molar-refractivity contribution in [3.05, 3.63) is 74.7 Å². The van der Waals surface area contributed by atoms with E-state index in [0.717, 1.165) is 10.6 Å². The van der Waals surface area contributed by atoms with Gasteiger partial charge in [0.2, 0.25) is 0 Å². The van der Waals surface area contributed by atoms with Gasteiger partial charge in [0.05, 0.1) is 21.3 Å². The molecule has 3 aromatic rings. The predicted octanol–water partition coefficient (Wildman–Crippen LogP) is 5.78. The van der Waals surface area contributed by atoms with Crippen molar-refractivity contribution in [1.29, 1.82) is 0 Å². The Morgan fingerprint density at radius 1 is 1.12 bits per heavy atom. The van der Waals surface area contributed by atoms with Crippen LogP contribution in [0.25, 0.3) is 10.6 Å². The molecule has 1 heterocycles. The Hall–Kier alpha value is -1.88. The number of hydrogen-bond donors (Lipinski definition) is 0. The molecule has 2 aromatic carbocycles. The van der Waals surface area contributed by atoms with Gasteiger partial charge in [0.15, 0.2) is 0 Å². The maximum atomic E-state index is 12.2. The van der Waals surface area contributed by atoms with E-state index in [1.165, 1.54) is 16.9 Å². The van der Waals surface area contributed by atoms with Crippen LogP contribution >= 0.6 is 34.5 Å². The minimum absolute atomic E-state index is 0.0722. The Bertz CT molecular complexity index is 855. The average molecular weight is 378 g/mol. The van der Waals surface area contributed by atoms with E-state index in [4.69, 9.17) is 27.9 Å². The fourth-order valence-corrected chi connectivity index (χ4v) is 3.47. The lowest BCUT2D eigenvalue weighted by Crippen LogP contribution is -2.07. The summed E-state index contributed by atoms with van der Waals surface area (Å²) < 4.78 is 5.28. The molecule has 0 fully saturated rings. The molecule has 0 saturated carbocycles. The smallest absolute Gasteiger partial charge is 0.341 e. The quantitative estimate of drug-likeness (QED) is 0.540. The molecular formula is C18H13Cl2NO2S. The number of carbonyl (C=O) groups is 1. The summed E-state index contributed by atoms with van der Waals surface area (Å²) in [5, 5.41) is 3.30. The van der Waals surface area contributed by atoms with Crippen molar-refractivity contribution in [2.24, 2.45) is 0 Å². The number of nitrogens with zero attached hydrogens (tertiary/aromatic N) is 1. The van der Waals surface area contributed by atoms with Gasteiger partial charge in [-0.05, 0) is 19.1 Å². The van der Waals surface area contributed by atoms with E-state index in [0.29, 0.717) is 5.69 Å². The predicted molar refractivity (Wildman–Crippen MR) is 97.9 cm³/mol. The van der Waals surface area contributed by atoms with Gasteiger partial charge in [-0.3, -0.25) is 0 Å². The minimum atomic E-state index is -0.560. The van der Waals surface area contributed by atoms with E-state index in [2.05, 4.69) is 4.98 Å². The van der Waals surface area contributed by atoms with E-state index in [1.54, 1.807) is 18.2 Å². The summed E-state index contributed by atoms with van der Waals surface area (Å²) in [5.41, 5.74) is 3.10. The number of benzene rings is 2. The van der Waals surface area contributed by atoms with Crippen molar-refractivity contribution >= 4 is 40.5 Å². The van der Waals surface area contributed by atoms with Crippen molar-refractivity contribution in [3.63, 3.8) is 0 Å². The highest BCUT2D eigenvalue weighted by Gasteiger charge is 2.16. The minimum Gasteiger partial charge on any atom is -0.455 e. The Kier molecular flexibility index (Phi) is 5.19. The van der Waals surface area contributed by atoms with Gasteiger partial charge >= 0.3 is 5.97 Å². The third-order valence-electron chi connectivity index (χ3n) is 3.37. The fourth-order valence-electron chi connectivity index (χ4n) is 2.11. The van der Waals surface area contributed by atoms with E-state index in [9.17, 15) is 4.79 Å². The van der Waals surface area contributed by atoms with Crippen LogP contribution in [0, 0.1) is 6.92 Å². The third-order valence-corrected chi connectivity index (χ3v) is 4.94. The average Bonchev–Trinajstić information content (AvgIpc) is 3.02. The molecule has 0 bridgehead atoms. The number of aromatic nitrogens is 1. The molecule has 0 amide bonds. The molecule has 0 N–H and O–H groups in total. The topological polar surface area (TPSA) is 39.2 Å². The Balaban J connectivity index is 1.69. The maximum absolute atomic E-state index is 12.2. The summed E-state index contributed by atoms with van der Waals surface area (Å²) in [7, 11) is 0. The molecule has 0 atom stereocenters. The number of ether oxygens (including phenoxy) is 1. The maximum Gasteiger partial charge on any atom is 0.341 e. The number of esters is 1. The zero-order valence-corrected chi connectivity index (χ0v) is 15.1. The van der Waals surface area contributed by atoms with Crippen LogP contribution in [0.1, 0.15) is 21.6 Å². The van der Waals surface area contributed by atoms with Gasteiger partial charge in [0.1, 0.15) is 11.6 Å². The summed E-state index contributed by atoms with van der Waals surface area (Å²) >= 11 is 13.5. The highest BCUT2D eigenvalue weighted by atomic mass is 35.5. The van der Waals surface area contributed by atoms with Gasteiger partial charge in [-0.2, -0.15) is 0 Å². The van der Waals surface area contributed by atoms with Crippen LogP contribution in [0.5, 0.6) is 0 Å². The summed E-state index contributed by atoms with van der Waals surface area (Å²) in [6.07, 6.45) is 0. The first-order valence-corrected chi connectivity index (χ1v) is 8.81. The molecule has 24 heavy (non-hydrogen) atoms. The molecule has 1 aromatic heterocycles. The SMILES string of the molecule is Cc1ccc(-c2nc(COC(=O)c3c(Cl)cccc3Cl)cs2)cc1. The number of thiazole rings is 1. The third kappa shape index (κ3) is 3.78. The molecule has 0 radical (unpaired) electrons. The summed E-state index contributed by atoms with van der Waals surface area (Å²) in [6.45, 7) is 2.11. The van der Waals surface area contributed by atoms with Crippen LogP contribution in [-0.2, 0) is 11.3 Å². The van der Waals surface area contributed by atoms with E-state index >= 15 is 0 Å². The molecule has 122 valence electrons. The van der Waals surface area contributed by atoms with Crippen molar-refractivity contribution in [3.8, 4) is 10.6 Å². The zero-order chi connectivity index (χ0) is 17.1. The molecule has 0 aliphatic heterocycles. The van der Waals surface area contributed by atoms with Gasteiger partial charge in [0.25, 0.3) is 0 Å². The molecule has 0 aliphatic rings. The van der Waals surface area contributed by atoms with Gasteiger partial charge in [-0.1, -0.05) is 59.1 Å². The molecule has 0 spiro atoms. The monoisotopic (exact) mass is 377 g/mol. The summed E-state index contributed by atoms with van der Waals surface area (Å²) in [6, 6.07) is 13.0. The van der Waals surface area contributed by atoms with Crippen molar-refractivity contribution in [2.75, 3.05) is 0 Å². The van der Waals surface area contributed by atoms with Crippen LogP contribution in [0.3, 0.4) is 0 Å². The Labute approximate surface area is 153 Å². The highest BCUT2D eigenvalue weighted by Crippen LogP contribution is 2.27. The first kappa shape index (κ1) is 17.0. The fraction of sp³-hybridized carbons (Fsp3) is 0.111. The number of halogens is 2. The van der Waals surface area contributed by atoms with Gasteiger partial charge < -0.3 is 4.74 Å². The largest absolute Gasteiger partial charge is 0.455 e. The Morgan fingerprint density at radius 3 is 2.46 bits per heavy atom. The van der Waals surface area contributed by atoms with Crippen LogP contribution in [0.4, 0.5) is 0 Å². The van der Waals surface area contributed by atoms with Crippen molar-refractivity contribution in [1.82, 2.24) is 4.98 Å². The number of rotatable bonds is 4. The van der Waals surface area contributed by atoms with E-state index in [1.807, 2.05) is 36.6 Å². The lowest BCUT2D eigenvalue weighted by atomic mass is 10.2. The second kappa shape index (κ2) is 7.34. The Morgan fingerprint density at radius 2 is 1.79 bits per heavy atom. The van der Waals surface area contributed by atoms with Crippen LogP contribution in [0.15, 0.2) is 47.8 Å². The number of hydrogen-bond acceptors (Lipinski definition) is 4. The molecule has 3 rings (SSSR count). The first-order chi connectivity index (χ1) is 11.5. The second-order valence-electron chi connectivity index (χ2n) is 5.18. The van der Waals surface area contributed by atoms with Crippen LogP contribution in [-0.4, -0.2) is 11.0 Å². The lowest BCUT2D eigenvalue weighted by Gasteiger charge is -2.06. The van der Waals surface area contributed by atoms with E-state index < -0.39 is 5.97 Å². The molecule has 0 saturated heterocycles. The van der Waals surface area contributed by atoms with Crippen LogP contribution < -0.4 is 0 Å². The number of aryl methyl sites for hydroxylation is 1. The summed E-state index contributed by atoms with van der Waals surface area (Å²) in [5.74, 6) is -0.560. The highest BCUT2D eigenvalue weighted by molar-refractivity contribution is 7.13. The lowest BCUT2D eigenvalue weighted by molar-refractivity contribution is 0.0469. The normalized spacial score (nSPS) is 10.6. The standard InChI is InChI=1S/C18H13Cl2NO2S/c1-11-5-7-12(8-6-11)17-21-13(10-24-17)9-23-18(22)16-14(19)3-2-4-15(16)20/h2-8,10H,9H2,1H3. The second-order valence-corrected chi connectivity index (χ2v) is 6.86. The van der Waals surface area contributed by atoms with E-state index in [-0.39, 0.29) is 22.2 Å². The van der Waals surface area contributed by atoms with Crippen molar-refractivity contribution in [2.45, 2.75) is 13.5 Å². The molecule has 6 heteroatoms. The number of carbonyl (C=O) groups excluding carboxylic acids is 1. The molecule has 3 nitrogen and oxygen atoms in total. The zero-order valence-electron chi connectivity index (χ0n) is 12.8. The first-order valence-electron chi connectivity index (χ1n) is 7.17. The summed E-state index contributed by atoms with van der Waals surface area (Å²) in [4.78, 5) is 16.7. The van der Waals surface area contributed by atoms with Gasteiger partial charge in [-0.25, -0.2) is 9.78 Å². The van der Waals surface area contributed by atoms with Gasteiger partial charge in [0, 0.05) is 10.9 Å². The van der Waals surface area contributed by atoms with Crippen LogP contribution in [0.2, 0.25) is 10.0 Å². The van der Waals surface area contributed by atoms with Crippen molar-refractivity contribution < 1.29 is 9.53 Å². The molecule has 0 unspecified atom stereocenters. The molecular weight excluding hydrogens is 365 g/mol. The molecule has 0 aliphatic carbocycles.